The third kappa shape index (κ3) is 4.06. The molecule has 0 unspecified atom stereocenters. The van der Waals surface area contributed by atoms with Crippen molar-refractivity contribution in [3.63, 3.8) is 0 Å². The molecule has 1 aromatic rings. The van der Waals surface area contributed by atoms with Crippen LogP contribution in [-0.4, -0.2) is 6.54 Å². The molecule has 0 saturated carbocycles. The molecule has 0 aliphatic heterocycles. The number of nitriles is 1. The molecule has 0 amide bonds. The molecule has 1 aromatic carbocycles. The predicted octanol–water partition coefficient (Wildman–Crippen LogP) is 3.15. The van der Waals surface area contributed by atoms with Crippen LogP contribution in [0.3, 0.4) is 0 Å². The first-order valence-electron chi connectivity index (χ1n) is 4.64. The maximum Gasteiger partial charge on any atom is 0.0992 e. The van der Waals surface area contributed by atoms with Gasteiger partial charge in [0.15, 0.2) is 0 Å². The van der Waals surface area contributed by atoms with E-state index >= 15 is 0 Å². The molecule has 0 fully saturated rings. The average Bonchev–Trinajstić information content (AvgIpc) is 2.23. The molecule has 0 aliphatic rings. The van der Waals surface area contributed by atoms with Gasteiger partial charge >= 0.3 is 0 Å². The highest BCUT2D eigenvalue weighted by Gasteiger charge is 1.97. The smallest absolute Gasteiger partial charge is 0.0992 e. The molecule has 0 aliphatic carbocycles. The highest BCUT2D eigenvalue weighted by atomic mass is 79.9. The lowest BCUT2D eigenvalue weighted by atomic mass is 10.2. The van der Waals surface area contributed by atoms with E-state index in [-0.39, 0.29) is 0 Å². The topological polar surface area (TPSA) is 35.8 Å². The quantitative estimate of drug-likeness (QED) is 0.669. The van der Waals surface area contributed by atoms with Gasteiger partial charge in [-0.25, -0.2) is 0 Å². The van der Waals surface area contributed by atoms with Crippen molar-refractivity contribution in [2.75, 3.05) is 11.9 Å². The fraction of sp³-hybridized carbons (Fsp3) is 0.250. The van der Waals surface area contributed by atoms with Crippen LogP contribution in [0.2, 0.25) is 0 Å². The zero-order valence-corrected chi connectivity index (χ0v) is 9.84. The predicted molar refractivity (Wildman–Crippen MR) is 65.4 cm³/mol. The standard InChI is InChI=1S/C12H11BrN2/c1-2-3-4-5-15-12-7-10(9-14)6-11(13)8-12/h1,6-8,15H,3-5H2. The van der Waals surface area contributed by atoms with Gasteiger partial charge in [0.25, 0.3) is 0 Å². The van der Waals surface area contributed by atoms with Crippen molar-refractivity contribution >= 4 is 21.6 Å². The van der Waals surface area contributed by atoms with Gasteiger partial charge < -0.3 is 5.32 Å². The van der Waals surface area contributed by atoms with Crippen molar-refractivity contribution in [1.82, 2.24) is 0 Å². The summed E-state index contributed by atoms with van der Waals surface area (Å²) in [6, 6.07) is 7.65. The first-order chi connectivity index (χ1) is 7.26. The second-order valence-electron chi connectivity index (χ2n) is 3.07. The summed E-state index contributed by atoms with van der Waals surface area (Å²) in [5.41, 5.74) is 1.58. The monoisotopic (exact) mass is 262 g/mol. The number of halogens is 1. The average molecular weight is 263 g/mol. The van der Waals surface area contributed by atoms with Crippen molar-refractivity contribution in [2.45, 2.75) is 12.8 Å². The van der Waals surface area contributed by atoms with Gasteiger partial charge in [0.1, 0.15) is 0 Å². The maximum atomic E-state index is 8.77. The normalized spacial score (nSPS) is 9.00. The zero-order chi connectivity index (χ0) is 11.1. The summed E-state index contributed by atoms with van der Waals surface area (Å²) in [7, 11) is 0. The molecule has 0 aromatic heterocycles. The SMILES string of the molecule is C#CCCCNc1cc(Br)cc(C#N)c1. The van der Waals surface area contributed by atoms with Crippen LogP contribution >= 0.6 is 15.9 Å². The Kier molecular flexibility index (Phi) is 4.74. The summed E-state index contributed by atoms with van der Waals surface area (Å²) >= 11 is 3.35. The lowest BCUT2D eigenvalue weighted by molar-refractivity contribution is 0.907. The minimum atomic E-state index is 0.642. The van der Waals surface area contributed by atoms with Crippen molar-refractivity contribution in [3.8, 4) is 18.4 Å². The van der Waals surface area contributed by atoms with Gasteiger partial charge in [-0.2, -0.15) is 5.26 Å². The Bertz CT molecular complexity index is 413. The second kappa shape index (κ2) is 6.11. The van der Waals surface area contributed by atoms with E-state index < -0.39 is 0 Å². The molecule has 0 spiro atoms. The zero-order valence-electron chi connectivity index (χ0n) is 8.26. The molecule has 1 rings (SSSR count). The van der Waals surface area contributed by atoms with Crippen LogP contribution < -0.4 is 5.32 Å². The lowest BCUT2D eigenvalue weighted by Gasteiger charge is -2.05. The molecule has 0 saturated heterocycles. The summed E-state index contributed by atoms with van der Waals surface area (Å²) < 4.78 is 0.904. The largest absolute Gasteiger partial charge is 0.385 e. The number of anilines is 1. The Hall–Kier alpha value is -1.45. The van der Waals surface area contributed by atoms with E-state index in [4.69, 9.17) is 11.7 Å². The van der Waals surface area contributed by atoms with Crippen LogP contribution in [0.4, 0.5) is 5.69 Å². The van der Waals surface area contributed by atoms with Crippen molar-refractivity contribution < 1.29 is 0 Å². The van der Waals surface area contributed by atoms with Gasteiger partial charge in [-0.3, -0.25) is 0 Å². The molecular formula is C12H11BrN2. The minimum Gasteiger partial charge on any atom is -0.385 e. The molecule has 0 heterocycles. The van der Waals surface area contributed by atoms with Crippen LogP contribution in [0.5, 0.6) is 0 Å². The van der Waals surface area contributed by atoms with Crippen LogP contribution in [0.25, 0.3) is 0 Å². The Morgan fingerprint density at radius 3 is 2.87 bits per heavy atom. The summed E-state index contributed by atoms with van der Waals surface area (Å²) in [6.45, 7) is 0.825. The lowest BCUT2D eigenvalue weighted by Crippen LogP contribution is -2.01. The summed E-state index contributed by atoms with van der Waals surface area (Å²) in [5, 5.41) is 12.0. The van der Waals surface area contributed by atoms with E-state index in [1.54, 1.807) is 6.07 Å². The van der Waals surface area contributed by atoms with Crippen LogP contribution in [0, 0.1) is 23.7 Å². The van der Waals surface area contributed by atoms with E-state index in [1.165, 1.54) is 0 Å². The van der Waals surface area contributed by atoms with E-state index in [0.29, 0.717) is 5.56 Å². The Balaban J connectivity index is 2.58. The molecule has 1 N–H and O–H groups in total. The molecular weight excluding hydrogens is 252 g/mol. The number of nitrogens with one attached hydrogen (secondary N) is 1. The van der Waals surface area contributed by atoms with E-state index in [0.717, 1.165) is 29.5 Å². The molecule has 15 heavy (non-hydrogen) atoms. The molecule has 3 heteroatoms. The number of hydrogen-bond donors (Lipinski definition) is 1. The maximum absolute atomic E-state index is 8.77. The fourth-order valence-corrected chi connectivity index (χ4v) is 1.67. The van der Waals surface area contributed by atoms with Crippen LogP contribution in [0.15, 0.2) is 22.7 Å². The molecule has 0 bridgehead atoms. The summed E-state index contributed by atoms with van der Waals surface area (Å²) in [5.74, 6) is 2.59. The van der Waals surface area contributed by atoms with Crippen LogP contribution in [0.1, 0.15) is 18.4 Å². The highest BCUT2D eigenvalue weighted by molar-refractivity contribution is 9.10. The minimum absolute atomic E-state index is 0.642. The number of terminal acetylenes is 1. The van der Waals surface area contributed by atoms with Crippen molar-refractivity contribution in [1.29, 1.82) is 5.26 Å². The van der Waals surface area contributed by atoms with Crippen molar-refractivity contribution in [3.05, 3.63) is 28.2 Å². The van der Waals surface area contributed by atoms with Gasteiger partial charge in [0.2, 0.25) is 0 Å². The molecule has 0 atom stereocenters. The molecule has 0 radical (unpaired) electrons. The summed E-state index contributed by atoms with van der Waals surface area (Å²) in [4.78, 5) is 0. The number of nitrogens with zero attached hydrogens (tertiary/aromatic N) is 1. The second-order valence-corrected chi connectivity index (χ2v) is 3.99. The van der Waals surface area contributed by atoms with Gasteiger partial charge in [-0.1, -0.05) is 15.9 Å². The van der Waals surface area contributed by atoms with E-state index in [1.807, 2.05) is 12.1 Å². The van der Waals surface area contributed by atoms with Gasteiger partial charge in [-0.05, 0) is 24.6 Å². The Morgan fingerprint density at radius 1 is 1.40 bits per heavy atom. The van der Waals surface area contributed by atoms with Gasteiger partial charge in [0.05, 0.1) is 11.6 Å². The third-order valence-electron chi connectivity index (χ3n) is 1.85. The van der Waals surface area contributed by atoms with Crippen molar-refractivity contribution in [2.24, 2.45) is 0 Å². The number of rotatable bonds is 4. The first-order valence-corrected chi connectivity index (χ1v) is 5.43. The van der Waals surface area contributed by atoms with Gasteiger partial charge in [-0.15, -0.1) is 12.3 Å². The Morgan fingerprint density at radius 2 is 2.20 bits per heavy atom. The van der Waals surface area contributed by atoms with E-state index in [9.17, 15) is 0 Å². The number of unbranched alkanes of at least 4 members (excludes halogenated alkanes) is 1. The fourth-order valence-electron chi connectivity index (χ4n) is 1.18. The molecule has 2 nitrogen and oxygen atoms in total. The Labute approximate surface area is 98.4 Å². The molecule has 76 valence electrons. The van der Waals surface area contributed by atoms with Crippen LogP contribution in [-0.2, 0) is 0 Å². The number of hydrogen-bond acceptors (Lipinski definition) is 2. The third-order valence-corrected chi connectivity index (χ3v) is 2.31. The first kappa shape index (κ1) is 11.6. The number of benzene rings is 1. The van der Waals surface area contributed by atoms with Gasteiger partial charge in [0, 0.05) is 23.1 Å². The summed E-state index contributed by atoms with van der Waals surface area (Å²) in [6.07, 6.45) is 6.85. The highest BCUT2D eigenvalue weighted by Crippen LogP contribution is 2.19. The van der Waals surface area contributed by atoms with E-state index in [2.05, 4.69) is 33.2 Å².